The van der Waals surface area contributed by atoms with Crippen molar-refractivity contribution in [3.63, 3.8) is 0 Å². The van der Waals surface area contributed by atoms with Crippen molar-refractivity contribution in [3.05, 3.63) is 30.1 Å². The molecular formula is C11H12N2O4. The minimum Gasteiger partial charge on any atom is -0.480 e. The highest BCUT2D eigenvalue weighted by Crippen LogP contribution is 2.13. The van der Waals surface area contributed by atoms with Gasteiger partial charge in [-0.3, -0.25) is 9.88 Å². The van der Waals surface area contributed by atoms with Gasteiger partial charge in [-0.25, -0.2) is 9.59 Å². The van der Waals surface area contributed by atoms with Gasteiger partial charge < -0.3 is 9.84 Å². The quantitative estimate of drug-likeness (QED) is 0.824. The van der Waals surface area contributed by atoms with Gasteiger partial charge >= 0.3 is 12.1 Å². The standard InChI is InChI=1S/C11H12N2O4/c14-10(15)9-7-17-11(16)13(9)5-3-8-2-1-4-12-6-8/h1-2,4,6,9H,3,5,7H2,(H,14,15). The summed E-state index contributed by atoms with van der Waals surface area (Å²) in [5, 5.41) is 8.91. The molecule has 0 radical (unpaired) electrons. The van der Waals surface area contributed by atoms with Gasteiger partial charge in [-0.1, -0.05) is 6.07 Å². The van der Waals surface area contributed by atoms with E-state index in [9.17, 15) is 9.59 Å². The van der Waals surface area contributed by atoms with Crippen LogP contribution in [0.25, 0.3) is 0 Å². The van der Waals surface area contributed by atoms with Gasteiger partial charge in [0.05, 0.1) is 0 Å². The SMILES string of the molecule is O=C(O)C1COC(=O)N1CCc1cccnc1. The summed E-state index contributed by atoms with van der Waals surface area (Å²) in [4.78, 5) is 27.4. The van der Waals surface area contributed by atoms with Crippen LogP contribution >= 0.6 is 0 Å². The van der Waals surface area contributed by atoms with Crippen LogP contribution in [0.2, 0.25) is 0 Å². The first kappa shape index (κ1) is 11.4. The van der Waals surface area contributed by atoms with E-state index in [1.165, 1.54) is 4.90 Å². The fourth-order valence-electron chi connectivity index (χ4n) is 1.70. The zero-order valence-corrected chi connectivity index (χ0v) is 9.07. The first-order valence-corrected chi connectivity index (χ1v) is 5.23. The number of pyridine rings is 1. The lowest BCUT2D eigenvalue weighted by Gasteiger charge is -2.17. The fourth-order valence-corrected chi connectivity index (χ4v) is 1.70. The third-order valence-corrected chi connectivity index (χ3v) is 2.62. The molecule has 0 saturated carbocycles. The number of carbonyl (C=O) groups is 2. The number of ether oxygens (including phenoxy) is 1. The molecule has 90 valence electrons. The molecule has 1 saturated heterocycles. The number of carboxylic acids is 1. The van der Waals surface area contributed by atoms with Gasteiger partial charge in [-0.2, -0.15) is 0 Å². The number of hydrogen-bond acceptors (Lipinski definition) is 4. The zero-order chi connectivity index (χ0) is 12.3. The molecule has 0 spiro atoms. The summed E-state index contributed by atoms with van der Waals surface area (Å²) < 4.78 is 4.72. The van der Waals surface area contributed by atoms with Crippen molar-refractivity contribution in [3.8, 4) is 0 Å². The van der Waals surface area contributed by atoms with E-state index in [0.717, 1.165) is 5.56 Å². The second-order valence-electron chi connectivity index (χ2n) is 3.74. The van der Waals surface area contributed by atoms with Crippen molar-refractivity contribution in [1.29, 1.82) is 0 Å². The van der Waals surface area contributed by atoms with E-state index < -0.39 is 18.1 Å². The smallest absolute Gasteiger partial charge is 0.410 e. The van der Waals surface area contributed by atoms with Gasteiger partial charge in [0.15, 0.2) is 6.04 Å². The number of aromatic nitrogens is 1. The Labute approximate surface area is 97.8 Å². The van der Waals surface area contributed by atoms with Crippen molar-refractivity contribution in [2.75, 3.05) is 13.2 Å². The second kappa shape index (κ2) is 4.82. The van der Waals surface area contributed by atoms with Gasteiger partial charge in [0.2, 0.25) is 0 Å². The average molecular weight is 236 g/mol. The van der Waals surface area contributed by atoms with Crippen molar-refractivity contribution in [2.24, 2.45) is 0 Å². The van der Waals surface area contributed by atoms with Crippen LogP contribution in [-0.4, -0.2) is 46.2 Å². The van der Waals surface area contributed by atoms with Crippen LogP contribution in [-0.2, 0) is 16.0 Å². The van der Waals surface area contributed by atoms with Gasteiger partial charge in [0.1, 0.15) is 6.61 Å². The van der Waals surface area contributed by atoms with Crippen LogP contribution in [0.15, 0.2) is 24.5 Å². The van der Waals surface area contributed by atoms with Gasteiger partial charge in [0, 0.05) is 18.9 Å². The molecule has 1 atom stereocenters. The van der Waals surface area contributed by atoms with Crippen molar-refractivity contribution >= 4 is 12.1 Å². The molecule has 1 aliphatic rings. The van der Waals surface area contributed by atoms with E-state index in [4.69, 9.17) is 9.84 Å². The Hall–Kier alpha value is -2.11. The van der Waals surface area contributed by atoms with Crippen LogP contribution in [0.1, 0.15) is 5.56 Å². The highest BCUT2D eigenvalue weighted by Gasteiger charge is 2.37. The van der Waals surface area contributed by atoms with Crippen LogP contribution in [0.5, 0.6) is 0 Å². The summed E-state index contributed by atoms with van der Waals surface area (Å²) >= 11 is 0. The van der Waals surface area contributed by atoms with E-state index in [2.05, 4.69) is 4.98 Å². The van der Waals surface area contributed by atoms with Gasteiger partial charge in [-0.15, -0.1) is 0 Å². The molecule has 2 heterocycles. The molecule has 17 heavy (non-hydrogen) atoms. The molecule has 1 fully saturated rings. The Morgan fingerprint density at radius 2 is 2.47 bits per heavy atom. The fraction of sp³-hybridized carbons (Fsp3) is 0.364. The first-order chi connectivity index (χ1) is 8.18. The minimum absolute atomic E-state index is 0.0821. The predicted molar refractivity (Wildman–Crippen MR) is 57.4 cm³/mol. The number of carboxylic acid groups (broad SMARTS) is 1. The molecule has 6 heteroatoms. The Balaban J connectivity index is 1.98. The molecular weight excluding hydrogens is 224 g/mol. The largest absolute Gasteiger partial charge is 0.480 e. The second-order valence-corrected chi connectivity index (χ2v) is 3.74. The molecule has 1 aromatic heterocycles. The maximum absolute atomic E-state index is 11.3. The summed E-state index contributed by atoms with van der Waals surface area (Å²) in [7, 11) is 0. The van der Waals surface area contributed by atoms with Crippen LogP contribution in [0.3, 0.4) is 0 Å². The molecule has 6 nitrogen and oxygen atoms in total. The summed E-state index contributed by atoms with van der Waals surface area (Å²) in [6, 6.07) is 2.80. The summed E-state index contributed by atoms with van der Waals surface area (Å²) in [5.74, 6) is -1.04. The number of amides is 1. The molecule has 1 N–H and O–H groups in total. The average Bonchev–Trinajstić information content (AvgIpc) is 2.69. The molecule has 1 aromatic rings. The summed E-state index contributed by atoms with van der Waals surface area (Å²) in [6.07, 6.45) is 3.35. The minimum atomic E-state index is -1.04. The lowest BCUT2D eigenvalue weighted by atomic mass is 10.2. The maximum atomic E-state index is 11.3. The van der Waals surface area contributed by atoms with E-state index in [-0.39, 0.29) is 6.61 Å². The lowest BCUT2D eigenvalue weighted by molar-refractivity contribution is -0.141. The molecule has 2 rings (SSSR count). The Morgan fingerprint density at radius 3 is 3.12 bits per heavy atom. The third kappa shape index (κ3) is 2.52. The molecule has 1 aliphatic heterocycles. The number of aliphatic carboxylic acids is 1. The number of rotatable bonds is 4. The van der Waals surface area contributed by atoms with Crippen molar-refractivity contribution in [1.82, 2.24) is 9.88 Å². The predicted octanol–water partition coefficient (Wildman–Crippen LogP) is 0.529. The maximum Gasteiger partial charge on any atom is 0.410 e. The van der Waals surface area contributed by atoms with Crippen molar-refractivity contribution < 1.29 is 19.4 Å². The highest BCUT2D eigenvalue weighted by molar-refractivity contribution is 5.82. The lowest BCUT2D eigenvalue weighted by Crippen LogP contribution is -2.40. The Kier molecular flexibility index (Phi) is 3.22. The Morgan fingerprint density at radius 1 is 1.65 bits per heavy atom. The van der Waals surface area contributed by atoms with E-state index in [1.807, 2.05) is 6.07 Å². The molecule has 0 aliphatic carbocycles. The van der Waals surface area contributed by atoms with Crippen LogP contribution in [0.4, 0.5) is 4.79 Å². The number of carbonyl (C=O) groups excluding carboxylic acids is 1. The van der Waals surface area contributed by atoms with Crippen molar-refractivity contribution in [2.45, 2.75) is 12.5 Å². The monoisotopic (exact) mass is 236 g/mol. The Bertz CT molecular complexity index is 421. The number of nitrogens with zero attached hydrogens (tertiary/aromatic N) is 2. The van der Waals surface area contributed by atoms with E-state index >= 15 is 0 Å². The topological polar surface area (TPSA) is 79.7 Å². The molecule has 1 amide bonds. The molecule has 0 bridgehead atoms. The zero-order valence-electron chi connectivity index (χ0n) is 9.07. The van der Waals surface area contributed by atoms with E-state index in [1.54, 1.807) is 18.5 Å². The first-order valence-electron chi connectivity index (χ1n) is 5.23. The highest BCUT2D eigenvalue weighted by atomic mass is 16.6. The third-order valence-electron chi connectivity index (χ3n) is 2.62. The normalized spacial score (nSPS) is 19.2. The summed E-state index contributed by atoms with van der Waals surface area (Å²) in [5.41, 5.74) is 0.955. The molecule has 0 aromatic carbocycles. The van der Waals surface area contributed by atoms with Crippen LogP contribution < -0.4 is 0 Å². The summed E-state index contributed by atoms with van der Waals surface area (Å²) in [6.45, 7) is 0.239. The van der Waals surface area contributed by atoms with E-state index in [0.29, 0.717) is 13.0 Å². The van der Waals surface area contributed by atoms with Gasteiger partial charge in [-0.05, 0) is 18.1 Å². The number of cyclic esters (lactones) is 1. The van der Waals surface area contributed by atoms with Crippen LogP contribution in [0, 0.1) is 0 Å². The molecule has 1 unspecified atom stereocenters. The van der Waals surface area contributed by atoms with Gasteiger partial charge in [0.25, 0.3) is 0 Å². The number of hydrogen-bond donors (Lipinski definition) is 1.